The molecule has 0 aromatic heterocycles. The maximum absolute atomic E-state index is 3.89. The second-order valence-corrected chi connectivity index (χ2v) is 5.69. The molecular weight excluding hydrogens is 188 g/mol. The summed E-state index contributed by atoms with van der Waals surface area (Å²) in [6.45, 7) is 0. The molecule has 2 bridgehead atoms. The third-order valence-corrected chi connectivity index (χ3v) is 4.26. The fourth-order valence-corrected chi connectivity index (χ4v) is 3.50. The first-order valence-electron chi connectivity index (χ1n) is 4.47. The van der Waals surface area contributed by atoms with Crippen molar-refractivity contribution in [3.8, 4) is 0 Å². The Kier molecular flexibility index (Phi) is 1.79. The molecule has 0 heterocycles. The fraction of sp³-hybridized carbons (Fsp3) is 1.00. The Labute approximate surface area is 71.5 Å². The molecule has 0 aliphatic heterocycles. The first kappa shape index (κ1) is 7.15. The summed E-state index contributed by atoms with van der Waals surface area (Å²) in [6.07, 6.45) is 10.3. The van der Waals surface area contributed by atoms with Crippen LogP contribution in [0.2, 0.25) is 0 Å². The fourth-order valence-electron chi connectivity index (χ4n) is 2.53. The minimum Gasteiger partial charge on any atom is -0.0853 e. The third kappa shape index (κ3) is 1.25. The van der Waals surface area contributed by atoms with Gasteiger partial charge in [-0.05, 0) is 31.6 Å². The first-order chi connectivity index (χ1) is 4.79. The third-order valence-electron chi connectivity index (χ3n) is 3.14. The average molecular weight is 203 g/mol. The van der Waals surface area contributed by atoms with Crippen LogP contribution < -0.4 is 0 Å². The standard InChI is InChI=1S/C9H15Br/c10-9-5-2-1-3-8(7-9)4-6-9/h8H,1-7H2. The van der Waals surface area contributed by atoms with E-state index in [1.54, 1.807) is 0 Å². The Hall–Kier alpha value is 0.480. The minimum absolute atomic E-state index is 0.591. The van der Waals surface area contributed by atoms with E-state index in [-0.39, 0.29) is 0 Å². The van der Waals surface area contributed by atoms with Crippen molar-refractivity contribution < 1.29 is 0 Å². The number of rotatable bonds is 0. The summed E-state index contributed by atoms with van der Waals surface area (Å²) in [5, 5.41) is 0. The zero-order valence-corrected chi connectivity index (χ0v) is 7.99. The molecule has 2 fully saturated rings. The number of halogens is 1. The minimum atomic E-state index is 0.591. The molecule has 0 N–H and O–H groups in total. The van der Waals surface area contributed by atoms with Gasteiger partial charge in [-0.15, -0.1) is 0 Å². The Morgan fingerprint density at radius 1 is 1.10 bits per heavy atom. The lowest BCUT2D eigenvalue weighted by molar-refractivity contribution is 0.491. The van der Waals surface area contributed by atoms with E-state index in [0.717, 1.165) is 5.92 Å². The van der Waals surface area contributed by atoms with Crippen LogP contribution in [0.4, 0.5) is 0 Å². The Bertz CT molecular complexity index is 131. The molecular formula is C9H15Br. The summed E-state index contributed by atoms with van der Waals surface area (Å²) in [6, 6.07) is 0. The molecule has 0 nitrogen and oxygen atoms in total. The van der Waals surface area contributed by atoms with Gasteiger partial charge in [-0.1, -0.05) is 35.2 Å². The molecule has 2 saturated carbocycles. The summed E-state index contributed by atoms with van der Waals surface area (Å²) < 4.78 is 0.591. The van der Waals surface area contributed by atoms with Crippen LogP contribution in [0.15, 0.2) is 0 Å². The van der Waals surface area contributed by atoms with Gasteiger partial charge in [0.2, 0.25) is 0 Å². The van der Waals surface area contributed by atoms with E-state index in [1.807, 2.05) is 0 Å². The van der Waals surface area contributed by atoms with Crippen molar-refractivity contribution in [2.24, 2.45) is 5.92 Å². The van der Waals surface area contributed by atoms with Gasteiger partial charge in [0.15, 0.2) is 0 Å². The number of alkyl halides is 1. The van der Waals surface area contributed by atoms with Crippen LogP contribution in [-0.2, 0) is 0 Å². The van der Waals surface area contributed by atoms with Gasteiger partial charge in [-0.2, -0.15) is 0 Å². The highest BCUT2D eigenvalue weighted by Crippen LogP contribution is 2.48. The van der Waals surface area contributed by atoms with E-state index in [2.05, 4.69) is 15.9 Å². The van der Waals surface area contributed by atoms with Crippen LogP contribution in [-0.4, -0.2) is 4.32 Å². The molecule has 0 amide bonds. The van der Waals surface area contributed by atoms with Crippen LogP contribution >= 0.6 is 15.9 Å². The average Bonchev–Trinajstić information content (AvgIpc) is 2.11. The predicted molar refractivity (Wildman–Crippen MR) is 47.5 cm³/mol. The zero-order chi connectivity index (χ0) is 7.03. The molecule has 58 valence electrons. The van der Waals surface area contributed by atoms with Gasteiger partial charge in [0.05, 0.1) is 0 Å². The van der Waals surface area contributed by atoms with Crippen molar-refractivity contribution in [2.75, 3.05) is 0 Å². The van der Waals surface area contributed by atoms with E-state index >= 15 is 0 Å². The lowest BCUT2D eigenvalue weighted by Crippen LogP contribution is -2.13. The number of hydrogen-bond donors (Lipinski definition) is 0. The zero-order valence-electron chi connectivity index (χ0n) is 6.41. The molecule has 10 heavy (non-hydrogen) atoms. The molecule has 2 unspecified atom stereocenters. The maximum atomic E-state index is 3.89. The maximum Gasteiger partial charge on any atom is 0.0260 e. The van der Waals surface area contributed by atoms with Gasteiger partial charge >= 0.3 is 0 Å². The molecule has 0 aromatic rings. The van der Waals surface area contributed by atoms with Crippen molar-refractivity contribution in [3.05, 3.63) is 0 Å². The van der Waals surface area contributed by atoms with Crippen molar-refractivity contribution >= 4 is 15.9 Å². The van der Waals surface area contributed by atoms with Gasteiger partial charge in [-0.25, -0.2) is 0 Å². The van der Waals surface area contributed by atoms with Gasteiger partial charge in [0, 0.05) is 4.32 Å². The topological polar surface area (TPSA) is 0 Å². The predicted octanol–water partition coefficient (Wildman–Crippen LogP) is 3.49. The Morgan fingerprint density at radius 3 is 2.90 bits per heavy atom. The highest BCUT2D eigenvalue weighted by molar-refractivity contribution is 9.10. The number of hydrogen-bond acceptors (Lipinski definition) is 0. The van der Waals surface area contributed by atoms with E-state index < -0.39 is 0 Å². The van der Waals surface area contributed by atoms with Crippen molar-refractivity contribution in [1.29, 1.82) is 0 Å². The van der Waals surface area contributed by atoms with Crippen molar-refractivity contribution in [1.82, 2.24) is 0 Å². The molecule has 2 atom stereocenters. The van der Waals surface area contributed by atoms with Crippen molar-refractivity contribution in [2.45, 2.75) is 49.3 Å². The van der Waals surface area contributed by atoms with Gasteiger partial charge in [-0.3, -0.25) is 0 Å². The first-order valence-corrected chi connectivity index (χ1v) is 5.27. The van der Waals surface area contributed by atoms with Gasteiger partial charge in [0.25, 0.3) is 0 Å². The van der Waals surface area contributed by atoms with E-state index in [0.29, 0.717) is 4.32 Å². The van der Waals surface area contributed by atoms with E-state index in [9.17, 15) is 0 Å². The SMILES string of the molecule is BrC12CCCCC(CC1)C2. The molecule has 2 aliphatic carbocycles. The quantitative estimate of drug-likeness (QED) is 0.528. The van der Waals surface area contributed by atoms with Crippen LogP contribution in [0.1, 0.15) is 44.9 Å². The second kappa shape index (κ2) is 2.51. The van der Waals surface area contributed by atoms with Crippen LogP contribution in [0.5, 0.6) is 0 Å². The molecule has 2 aliphatic rings. The summed E-state index contributed by atoms with van der Waals surface area (Å²) in [5.74, 6) is 1.07. The molecule has 0 saturated heterocycles. The van der Waals surface area contributed by atoms with Crippen LogP contribution in [0.25, 0.3) is 0 Å². The molecule has 0 aromatic carbocycles. The Balaban J connectivity index is 2.09. The highest BCUT2D eigenvalue weighted by Gasteiger charge is 2.37. The second-order valence-electron chi connectivity index (χ2n) is 4.01. The summed E-state index contributed by atoms with van der Waals surface area (Å²) in [4.78, 5) is 0. The summed E-state index contributed by atoms with van der Waals surface area (Å²) >= 11 is 3.89. The molecule has 0 spiro atoms. The number of fused-ring (bicyclic) bond motifs is 2. The summed E-state index contributed by atoms with van der Waals surface area (Å²) in [7, 11) is 0. The molecule has 0 radical (unpaired) electrons. The monoisotopic (exact) mass is 202 g/mol. The van der Waals surface area contributed by atoms with Gasteiger partial charge < -0.3 is 0 Å². The smallest absolute Gasteiger partial charge is 0.0260 e. The van der Waals surface area contributed by atoms with E-state index in [4.69, 9.17) is 0 Å². The summed E-state index contributed by atoms with van der Waals surface area (Å²) in [5.41, 5.74) is 0. The van der Waals surface area contributed by atoms with Gasteiger partial charge in [0.1, 0.15) is 0 Å². The molecule has 1 heteroatoms. The Morgan fingerprint density at radius 2 is 2.00 bits per heavy atom. The normalized spacial score (nSPS) is 47.1. The van der Waals surface area contributed by atoms with Crippen LogP contribution in [0, 0.1) is 5.92 Å². The van der Waals surface area contributed by atoms with E-state index in [1.165, 1.54) is 44.9 Å². The largest absolute Gasteiger partial charge is 0.0853 e. The molecule has 2 rings (SSSR count). The van der Waals surface area contributed by atoms with Crippen LogP contribution in [0.3, 0.4) is 0 Å². The highest BCUT2D eigenvalue weighted by atomic mass is 79.9. The lowest BCUT2D eigenvalue weighted by atomic mass is 10.0. The van der Waals surface area contributed by atoms with Crippen molar-refractivity contribution in [3.63, 3.8) is 0 Å². The lowest BCUT2D eigenvalue weighted by Gasteiger charge is -2.19.